The number of hydrogen-bond acceptors (Lipinski definition) is 2. The van der Waals surface area contributed by atoms with Crippen LogP contribution >= 0.6 is 0 Å². The van der Waals surface area contributed by atoms with Gasteiger partial charge in [-0.25, -0.2) is 4.39 Å². The van der Waals surface area contributed by atoms with Crippen LogP contribution in [0.1, 0.15) is 18.4 Å². The van der Waals surface area contributed by atoms with Gasteiger partial charge in [0, 0.05) is 25.2 Å². The van der Waals surface area contributed by atoms with Crippen LogP contribution in [-0.2, 0) is 10.2 Å². The highest BCUT2D eigenvalue weighted by atomic mass is 19.1. The maximum Gasteiger partial charge on any atom is 0.123 e. The smallest absolute Gasteiger partial charge is 0.123 e. The fourth-order valence-electron chi connectivity index (χ4n) is 2.18. The Morgan fingerprint density at radius 3 is 2.33 bits per heavy atom. The van der Waals surface area contributed by atoms with E-state index in [1.807, 2.05) is 12.1 Å². The van der Waals surface area contributed by atoms with E-state index in [9.17, 15) is 4.39 Å². The molecular weight excluding hydrogens is 193 g/mol. The molecule has 1 aromatic carbocycles. The van der Waals surface area contributed by atoms with Gasteiger partial charge < -0.3 is 10.5 Å². The summed E-state index contributed by atoms with van der Waals surface area (Å²) in [5.74, 6) is -0.196. The number of hydrogen-bond donors (Lipinski definition) is 1. The number of benzene rings is 1. The van der Waals surface area contributed by atoms with Crippen LogP contribution in [0.25, 0.3) is 0 Å². The Morgan fingerprint density at radius 1 is 1.20 bits per heavy atom. The molecule has 82 valence electrons. The average Bonchev–Trinajstić information content (AvgIpc) is 2.31. The van der Waals surface area contributed by atoms with Crippen LogP contribution in [0.2, 0.25) is 0 Å². The molecule has 2 nitrogen and oxygen atoms in total. The van der Waals surface area contributed by atoms with Gasteiger partial charge in [0.15, 0.2) is 0 Å². The summed E-state index contributed by atoms with van der Waals surface area (Å²) in [6.45, 7) is 2.09. The van der Waals surface area contributed by atoms with Crippen molar-refractivity contribution in [2.24, 2.45) is 5.73 Å². The molecule has 1 aromatic rings. The highest BCUT2D eigenvalue weighted by Crippen LogP contribution is 2.33. The van der Waals surface area contributed by atoms with Gasteiger partial charge in [0.25, 0.3) is 0 Å². The SMILES string of the molecule is NCC1(c2ccc(F)cc2)CCOCC1. The molecule has 0 aromatic heterocycles. The second-order valence-electron chi connectivity index (χ2n) is 4.10. The lowest BCUT2D eigenvalue weighted by Crippen LogP contribution is -2.40. The third-order valence-electron chi connectivity index (χ3n) is 3.30. The fraction of sp³-hybridized carbons (Fsp3) is 0.500. The highest BCUT2D eigenvalue weighted by Gasteiger charge is 2.32. The van der Waals surface area contributed by atoms with Crippen LogP contribution in [0, 0.1) is 5.82 Å². The molecule has 0 unspecified atom stereocenters. The quantitative estimate of drug-likeness (QED) is 0.806. The zero-order chi connectivity index (χ0) is 10.7. The monoisotopic (exact) mass is 209 g/mol. The van der Waals surface area contributed by atoms with Crippen LogP contribution in [0.3, 0.4) is 0 Å². The van der Waals surface area contributed by atoms with Crippen LogP contribution in [0.15, 0.2) is 24.3 Å². The van der Waals surface area contributed by atoms with Crippen molar-refractivity contribution >= 4 is 0 Å². The van der Waals surface area contributed by atoms with Crippen molar-refractivity contribution in [1.29, 1.82) is 0 Å². The lowest BCUT2D eigenvalue weighted by Gasteiger charge is -2.36. The zero-order valence-electron chi connectivity index (χ0n) is 8.71. The summed E-state index contributed by atoms with van der Waals surface area (Å²) in [7, 11) is 0. The summed E-state index contributed by atoms with van der Waals surface area (Å²) < 4.78 is 18.2. The minimum Gasteiger partial charge on any atom is -0.381 e. The fourth-order valence-corrected chi connectivity index (χ4v) is 2.18. The Morgan fingerprint density at radius 2 is 1.80 bits per heavy atom. The average molecular weight is 209 g/mol. The highest BCUT2D eigenvalue weighted by molar-refractivity contribution is 5.27. The molecule has 0 saturated carbocycles. The first kappa shape index (κ1) is 10.6. The topological polar surface area (TPSA) is 35.2 Å². The van der Waals surface area contributed by atoms with Crippen molar-refractivity contribution in [3.63, 3.8) is 0 Å². The van der Waals surface area contributed by atoms with Gasteiger partial charge >= 0.3 is 0 Å². The van der Waals surface area contributed by atoms with Gasteiger partial charge in [-0.1, -0.05) is 12.1 Å². The molecule has 0 bridgehead atoms. The molecule has 0 radical (unpaired) electrons. The van der Waals surface area contributed by atoms with Crippen LogP contribution in [-0.4, -0.2) is 19.8 Å². The van der Waals surface area contributed by atoms with Gasteiger partial charge in [0.05, 0.1) is 0 Å². The van der Waals surface area contributed by atoms with Gasteiger partial charge in [0.2, 0.25) is 0 Å². The first-order valence-electron chi connectivity index (χ1n) is 5.31. The van der Waals surface area contributed by atoms with Gasteiger partial charge in [-0.05, 0) is 30.5 Å². The summed E-state index contributed by atoms with van der Waals surface area (Å²) in [5, 5.41) is 0. The van der Waals surface area contributed by atoms with Crippen LogP contribution in [0.4, 0.5) is 4.39 Å². The maximum absolute atomic E-state index is 12.8. The minimum absolute atomic E-state index is 0.00799. The molecule has 1 aliphatic heterocycles. The summed E-state index contributed by atoms with van der Waals surface area (Å²) in [6.07, 6.45) is 1.85. The van der Waals surface area contributed by atoms with Gasteiger partial charge in [-0.3, -0.25) is 0 Å². The second-order valence-corrected chi connectivity index (χ2v) is 4.10. The van der Waals surface area contributed by atoms with Crippen molar-refractivity contribution in [1.82, 2.24) is 0 Å². The van der Waals surface area contributed by atoms with E-state index in [-0.39, 0.29) is 11.2 Å². The minimum atomic E-state index is -0.196. The molecule has 15 heavy (non-hydrogen) atoms. The standard InChI is InChI=1S/C12H16FNO/c13-11-3-1-10(2-4-11)12(9-14)5-7-15-8-6-12/h1-4H,5-9,14H2. The second kappa shape index (κ2) is 4.29. The Labute approximate surface area is 89.2 Å². The lowest BCUT2D eigenvalue weighted by atomic mass is 9.74. The number of halogens is 1. The van der Waals surface area contributed by atoms with Gasteiger partial charge in [-0.2, -0.15) is 0 Å². The van der Waals surface area contributed by atoms with Crippen molar-refractivity contribution in [3.05, 3.63) is 35.6 Å². The molecule has 1 fully saturated rings. The lowest BCUT2D eigenvalue weighted by molar-refractivity contribution is 0.0529. The van der Waals surface area contributed by atoms with Crippen molar-refractivity contribution in [2.75, 3.05) is 19.8 Å². The van der Waals surface area contributed by atoms with E-state index in [0.717, 1.165) is 31.6 Å². The molecule has 0 amide bonds. The molecule has 0 aliphatic carbocycles. The summed E-state index contributed by atoms with van der Waals surface area (Å²) in [4.78, 5) is 0. The Bertz CT molecular complexity index is 317. The van der Waals surface area contributed by atoms with E-state index in [1.165, 1.54) is 12.1 Å². The third kappa shape index (κ3) is 2.03. The Balaban J connectivity index is 2.28. The Hall–Kier alpha value is -0.930. The molecule has 0 atom stereocenters. The number of nitrogens with two attached hydrogens (primary N) is 1. The Kier molecular flexibility index (Phi) is 3.03. The molecule has 2 rings (SSSR count). The predicted molar refractivity (Wildman–Crippen MR) is 57.2 cm³/mol. The van der Waals surface area contributed by atoms with E-state index in [0.29, 0.717) is 6.54 Å². The summed E-state index contributed by atoms with van der Waals surface area (Å²) in [5.41, 5.74) is 6.99. The molecule has 2 N–H and O–H groups in total. The van der Waals surface area contributed by atoms with Crippen molar-refractivity contribution < 1.29 is 9.13 Å². The molecule has 1 saturated heterocycles. The largest absolute Gasteiger partial charge is 0.381 e. The third-order valence-corrected chi connectivity index (χ3v) is 3.30. The van der Waals surface area contributed by atoms with E-state index in [4.69, 9.17) is 10.5 Å². The molecule has 3 heteroatoms. The zero-order valence-corrected chi connectivity index (χ0v) is 8.71. The maximum atomic E-state index is 12.8. The summed E-state index contributed by atoms with van der Waals surface area (Å²) >= 11 is 0. The first-order valence-corrected chi connectivity index (χ1v) is 5.31. The van der Waals surface area contributed by atoms with Crippen molar-refractivity contribution in [3.8, 4) is 0 Å². The van der Waals surface area contributed by atoms with Gasteiger partial charge in [-0.15, -0.1) is 0 Å². The van der Waals surface area contributed by atoms with Gasteiger partial charge in [0.1, 0.15) is 5.82 Å². The van der Waals surface area contributed by atoms with Crippen LogP contribution < -0.4 is 5.73 Å². The molecule has 1 aliphatic rings. The predicted octanol–water partition coefficient (Wildman–Crippen LogP) is 1.83. The first-order chi connectivity index (χ1) is 7.27. The number of rotatable bonds is 2. The molecule has 0 spiro atoms. The summed E-state index contributed by atoms with van der Waals surface area (Å²) in [6, 6.07) is 6.69. The number of ether oxygens (including phenoxy) is 1. The van der Waals surface area contributed by atoms with E-state index >= 15 is 0 Å². The van der Waals surface area contributed by atoms with Crippen molar-refractivity contribution in [2.45, 2.75) is 18.3 Å². The van der Waals surface area contributed by atoms with E-state index in [2.05, 4.69) is 0 Å². The molecule has 1 heterocycles. The van der Waals surface area contributed by atoms with E-state index in [1.54, 1.807) is 0 Å². The molecular formula is C12H16FNO. The van der Waals surface area contributed by atoms with E-state index < -0.39 is 0 Å². The van der Waals surface area contributed by atoms with Crippen LogP contribution in [0.5, 0.6) is 0 Å². The normalized spacial score (nSPS) is 20.1.